The van der Waals surface area contributed by atoms with Crippen molar-refractivity contribution in [3.8, 4) is 0 Å². The molecule has 0 spiro atoms. The van der Waals surface area contributed by atoms with E-state index in [1.807, 2.05) is 58.8 Å². The first-order valence-corrected chi connectivity index (χ1v) is 32.5. The van der Waals surface area contributed by atoms with Crippen molar-refractivity contribution in [2.45, 2.75) is 169 Å². The maximum atomic E-state index is 14.7. The van der Waals surface area contributed by atoms with Gasteiger partial charge in [0.05, 0.1) is 30.2 Å². The minimum atomic E-state index is -1.60. The molecule has 0 radical (unpaired) electrons. The second-order valence-corrected chi connectivity index (χ2v) is 23.4. The zero-order valence-electron chi connectivity index (χ0n) is 54.9. The first-order valence-electron chi connectivity index (χ1n) is 32.5. The fraction of sp³-hybridized carbons (Fsp3) is 0.806. The van der Waals surface area contributed by atoms with Gasteiger partial charge in [0.1, 0.15) is 17.3 Å². The number of hydrogen-bond donors (Lipinski definition) is 12. The van der Waals surface area contributed by atoms with E-state index in [1.165, 1.54) is 0 Å². The predicted octanol–water partition coefficient (Wildman–Crippen LogP) is 0.133. The predicted molar refractivity (Wildman–Crippen MR) is 341 cm³/mol. The first-order chi connectivity index (χ1) is 42.0. The summed E-state index contributed by atoms with van der Waals surface area (Å²) in [5, 5.41) is 28.3. The van der Waals surface area contributed by atoms with Gasteiger partial charge in [-0.2, -0.15) is 0 Å². The van der Waals surface area contributed by atoms with E-state index < -0.39 is 151 Å². The van der Waals surface area contributed by atoms with Crippen molar-refractivity contribution < 1.29 is 57.5 Å². The van der Waals surface area contributed by atoms with Crippen molar-refractivity contribution in [3.05, 3.63) is 0 Å². The monoisotopic (exact) mass is 1250 g/mol. The lowest BCUT2D eigenvalue weighted by atomic mass is 9.84. The van der Waals surface area contributed by atoms with Gasteiger partial charge in [0.15, 0.2) is 5.78 Å². The molecule has 0 rings (SSSR count). The van der Waals surface area contributed by atoms with Gasteiger partial charge >= 0.3 is 0 Å². The van der Waals surface area contributed by atoms with Crippen LogP contribution in [0.1, 0.15) is 163 Å². The van der Waals surface area contributed by atoms with Crippen LogP contribution in [-0.4, -0.2) is 213 Å². The van der Waals surface area contributed by atoms with Gasteiger partial charge in [-0.25, -0.2) is 0 Å². The van der Waals surface area contributed by atoms with Gasteiger partial charge in [-0.15, -0.1) is 0 Å². The number of likely N-dealkylation sites (N-methyl/N-ethyl adjacent to an activating group) is 2. The molecule has 0 aromatic heterocycles. The largest absolute Gasteiger partial charge is 0.356 e. The number of rotatable bonds is 57. The van der Waals surface area contributed by atoms with E-state index in [0.717, 1.165) is 44.9 Å². The Balaban J connectivity index is 7.30. The summed E-state index contributed by atoms with van der Waals surface area (Å²) in [6.07, 6.45) is 3.43. The van der Waals surface area contributed by atoms with E-state index >= 15 is 0 Å². The maximum Gasteiger partial charge on any atom is 0.224 e. The Labute approximate surface area is 525 Å². The average molecular weight is 1250 g/mol. The van der Waals surface area contributed by atoms with Crippen molar-refractivity contribution in [1.82, 2.24) is 63.0 Å². The second-order valence-electron chi connectivity index (χ2n) is 23.4. The summed E-state index contributed by atoms with van der Waals surface area (Å²) < 4.78 is 0. The molecular weight excluding hydrogens is 1130 g/mol. The number of nitrogens with one attached hydrogen (secondary N) is 10. The van der Waals surface area contributed by atoms with E-state index in [0.29, 0.717) is 84.6 Å². The van der Waals surface area contributed by atoms with E-state index in [1.54, 1.807) is 6.92 Å². The van der Waals surface area contributed by atoms with Crippen LogP contribution in [0.4, 0.5) is 0 Å². The van der Waals surface area contributed by atoms with Crippen LogP contribution >= 0.6 is 0 Å². The molecule has 0 saturated heterocycles. The summed E-state index contributed by atoms with van der Waals surface area (Å²) in [7, 11) is 7.37. The molecule has 0 aromatic carbocycles. The number of carbonyl (C=O) groups excluding carboxylic acids is 12. The summed E-state index contributed by atoms with van der Waals surface area (Å²) in [4.78, 5) is 170. The zero-order chi connectivity index (χ0) is 66.1. The Morgan fingerprint density at radius 3 is 1.20 bits per heavy atom. The number of Topliss-reactive ketones (excluding diaryl/α,β-unsaturated/α-hetero) is 4. The number of nitrogens with two attached hydrogens (primary N) is 2. The van der Waals surface area contributed by atoms with Crippen molar-refractivity contribution in [3.63, 3.8) is 0 Å². The number of carbonyl (C=O) groups is 12. The van der Waals surface area contributed by atoms with Crippen LogP contribution in [0.5, 0.6) is 0 Å². The van der Waals surface area contributed by atoms with E-state index in [2.05, 4.69) is 53.2 Å². The van der Waals surface area contributed by atoms with E-state index in [-0.39, 0.29) is 58.0 Å². The smallest absolute Gasteiger partial charge is 0.224 e. The van der Waals surface area contributed by atoms with Crippen LogP contribution in [0.25, 0.3) is 0 Å². The minimum absolute atomic E-state index is 0.0751. The van der Waals surface area contributed by atoms with Gasteiger partial charge in [0.25, 0.3) is 0 Å². The highest BCUT2D eigenvalue weighted by molar-refractivity contribution is 5.99. The first kappa shape index (κ1) is 82.2. The Morgan fingerprint density at radius 2 is 0.693 bits per heavy atom. The van der Waals surface area contributed by atoms with Gasteiger partial charge in [-0.1, -0.05) is 72.6 Å². The summed E-state index contributed by atoms with van der Waals surface area (Å²) >= 11 is 0. The fourth-order valence-electron chi connectivity index (χ4n) is 9.48. The molecule has 0 aliphatic rings. The summed E-state index contributed by atoms with van der Waals surface area (Å²) in [6.45, 7) is 13.0. The Kier molecular flexibility index (Phi) is 48.6. The van der Waals surface area contributed by atoms with Crippen LogP contribution in [0.15, 0.2) is 0 Å². The van der Waals surface area contributed by atoms with Gasteiger partial charge in [0, 0.05) is 168 Å². The lowest BCUT2D eigenvalue weighted by Crippen LogP contribution is -2.47. The molecule has 26 nitrogen and oxygen atoms in total. The molecule has 0 aliphatic carbocycles. The zero-order valence-corrected chi connectivity index (χ0v) is 54.9. The molecule has 506 valence electrons. The topological polar surface area (TPSA) is 384 Å². The molecule has 6 unspecified atom stereocenters. The number of ketones is 4. The van der Waals surface area contributed by atoms with Crippen LogP contribution in [0.3, 0.4) is 0 Å². The molecule has 14 N–H and O–H groups in total. The molecular formula is C62H116N14O12. The Morgan fingerprint density at radius 1 is 0.330 bits per heavy atom. The van der Waals surface area contributed by atoms with Crippen molar-refractivity contribution in [2.75, 3.05) is 126 Å². The molecule has 0 aliphatic heterocycles. The molecule has 0 aromatic rings. The minimum Gasteiger partial charge on any atom is -0.356 e. The summed E-state index contributed by atoms with van der Waals surface area (Å²) in [5.41, 5.74) is 11.2. The van der Waals surface area contributed by atoms with Crippen LogP contribution < -0.4 is 64.6 Å². The third-order valence-corrected chi connectivity index (χ3v) is 14.7. The van der Waals surface area contributed by atoms with Crippen molar-refractivity contribution in [1.29, 1.82) is 0 Å². The van der Waals surface area contributed by atoms with Crippen LogP contribution in [0.2, 0.25) is 0 Å². The summed E-state index contributed by atoms with van der Waals surface area (Å²) in [5.74, 6) is -13.0. The third kappa shape index (κ3) is 42.2. The molecule has 26 heteroatoms. The lowest BCUT2D eigenvalue weighted by molar-refractivity contribution is -0.138. The average Bonchev–Trinajstić information content (AvgIpc) is 2.49. The van der Waals surface area contributed by atoms with Crippen molar-refractivity contribution >= 4 is 70.4 Å². The van der Waals surface area contributed by atoms with E-state index in [9.17, 15) is 57.5 Å². The molecule has 8 amide bonds. The van der Waals surface area contributed by atoms with Crippen LogP contribution in [-0.2, 0) is 57.5 Å². The number of unbranched alkanes of at least 4 members (excludes halogenated alkanes) is 7. The molecule has 0 heterocycles. The van der Waals surface area contributed by atoms with Crippen LogP contribution in [0, 0.1) is 29.6 Å². The fourth-order valence-corrected chi connectivity index (χ4v) is 9.48. The highest BCUT2D eigenvalue weighted by Crippen LogP contribution is 2.23. The molecule has 6 atom stereocenters. The van der Waals surface area contributed by atoms with Crippen molar-refractivity contribution in [2.24, 2.45) is 41.1 Å². The highest BCUT2D eigenvalue weighted by Gasteiger charge is 2.36. The number of hydrogen-bond acceptors (Lipinski definition) is 18. The normalized spacial score (nSPS) is 13.3. The Hall–Kier alpha value is -5.80. The third-order valence-electron chi connectivity index (χ3n) is 14.7. The second kappa shape index (κ2) is 52.0. The van der Waals surface area contributed by atoms with E-state index in [4.69, 9.17) is 11.5 Å². The van der Waals surface area contributed by atoms with Gasteiger partial charge in [-0.3, -0.25) is 57.5 Å². The summed E-state index contributed by atoms with van der Waals surface area (Å²) in [6, 6.07) is -1.60. The quantitative estimate of drug-likeness (QED) is 0.0360. The Bertz CT molecular complexity index is 2080. The number of amides is 8. The highest BCUT2D eigenvalue weighted by atomic mass is 16.2. The van der Waals surface area contributed by atoms with Gasteiger partial charge in [-0.05, 0) is 53.9 Å². The molecule has 0 bridgehead atoms. The van der Waals surface area contributed by atoms with Gasteiger partial charge in [0.2, 0.25) is 47.3 Å². The maximum absolute atomic E-state index is 14.7. The SMILES string of the molecule is CCCCCCNC(=O)CC(NC(=O)CC(CC(=O)C(CC(=O)CC(CC)C(=O)NCCN(C)C)CC(=O)NCCN(C)C)C(=O)NCCCCCC)C(=O)CC(CC(=O)CC(CC(=O)NCCNCCN)C(=O)NCCCC)C(=O)NCCNCCN. The number of nitrogens with zero attached hydrogens (tertiary/aromatic N) is 2. The molecule has 0 saturated carbocycles. The molecule has 88 heavy (non-hydrogen) atoms. The lowest BCUT2D eigenvalue weighted by Gasteiger charge is -2.24. The standard InChI is InChI=1S/C62H116N14O12/c1-9-13-16-18-23-67-57(83)44-52(54(80)40-47(60(86)72-30-28-66-26-21-64)37-51(78)38-48(61(87)70-22-15-11-3)42-56(82)68-29-27-65-25-20-63)74-58(84)43-49(62(88)71-24-19-17-14-10-2)39-53(79)46(41-55(81)69-31-33-75(5)6)36-50(77)35-45(12-4)59(85)73-32-34-76(7)8/h45-49,52,65-66H,9-44,63-64H2,1-8H3,(H,67,83)(H,68,82)(H,69,81)(H,70,87)(H,71,88)(H,72,86)(H,73,85)(H,74,84). The van der Waals surface area contributed by atoms with Gasteiger partial charge < -0.3 is 74.4 Å². The molecule has 0 fully saturated rings.